The SMILES string of the molecule is C/C=C(\C)C(=O)O[C@H]1C[C@@H](OC(C)=O)[C@@]2(C)CO[C@@H]3C2[C@@]1(C)C1C[C@H](OC)OC2C[C@@H](c4ccoc4)C(C)=C2[C@]1(C)[C@@H]3O. The summed E-state index contributed by atoms with van der Waals surface area (Å²) in [6.45, 7) is 13.8. The second-order valence-corrected chi connectivity index (χ2v) is 14.1. The molecule has 3 heterocycles. The van der Waals surface area contributed by atoms with Crippen molar-refractivity contribution >= 4 is 11.9 Å². The number of aliphatic hydroxyl groups excluding tert-OH is 1. The Balaban J connectivity index is 1.55. The van der Waals surface area contributed by atoms with E-state index in [-0.39, 0.29) is 23.9 Å². The predicted octanol–water partition coefficient (Wildman–Crippen LogP) is 5.08. The minimum Gasteiger partial charge on any atom is -0.472 e. The molecular weight excluding hydrogens is 552 g/mol. The first-order valence-electron chi connectivity index (χ1n) is 15.5. The molecule has 0 aromatic carbocycles. The molecule has 5 aliphatic rings. The molecule has 0 spiro atoms. The zero-order valence-electron chi connectivity index (χ0n) is 26.5. The first-order valence-corrected chi connectivity index (χ1v) is 15.5. The number of aliphatic hydroxyl groups is 1. The van der Waals surface area contributed by atoms with Crippen molar-refractivity contribution in [2.45, 2.75) is 110 Å². The highest BCUT2D eigenvalue weighted by Crippen LogP contribution is 2.72. The van der Waals surface area contributed by atoms with Gasteiger partial charge < -0.3 is 33.2 Å². The van der Waals surface area contributed by atoms with E-state index < -0.39 is 58.9 Å². The third-order valence-electron chi connectivity index (χ3n) is 12.1. The van der Waals surface area contributed by atoms with Gasteiger partial charge in [-0.05, 0) is 50.3 Å². The molecule has 3 unspecified atom stereocenters. The molecule has 2 saturated carbocycles. The van der Waals surface area contributed by atoms with Crippen molar-refractivity contribution < 1.29 is 42.8 Å². The Morgan fingerprint density at radius 2 is 1.84 bits per heavy atom. The topological polar surface area (TPSA) is 114 Å². The second-order valence-electron chi connectivity index (χ2n) is 14.1. The molecule has 3 aliphatic carbocycles. The summed E-state index contributed by atoms with van der Waals surface area (Å²) in [5.41, 5.74) is 1.75. The molecule has 12 atom stereocenters. The average Bonchev–Trinajstić information content (AvgIpc) is 3.68. The van der Waals surface area contributed by atoms with Crippen molar-refractivity contribution in [3.05, 3.63) is 47.0 Å². The highest BCUT2D eigenvalue weighted by atomic mass is 16.7. The number of hydrogen-bond acceptors (Lipinski definition) is 9. The van der Waals surface area contributed by atoms with Crippen LogP contribution in [0.3, 0.4) is 0 Å². The van der Waals surface area contributed by atoms with Crippen LogP contribution in [0.25, 0.3) is 0 Å². The minimum atomic E-state index is -0.878. The summed E-state index contributed by atoms with van der Waals surface area (Å²) >= 11 is 0. The highest BCUT2D eigenvalue weighted by molar-refractivity contribution is 5.87. The van der Waals surface area contributed by atoms with Crippen LogP contribution in [-0.4, -0.2) is 67.6 Å². The molecular formula is C34H46O9. The maximum Gasteiger partial charge on any atom is 0.333 e. The Morgan fingerprint density at radius 1 is 1.09 bits per heavy atom. The zero-order valence-corrected chi connectivity index (χ0v) is 26.5. The summed E-state index contributed by atoms with van der Waals surface area (Å²) in [7, 11) is 1.66. The monoisotopic (exact) mass is 598 g/mol. The number of fused-ring (bicyclic) bond motifs is 4. The average molecular weight is 599 g/mol. The summed E-state index contributed by atoms with van der Waals surface area (Å²) in [6.07, 6.45) is 3.36. The van der Waals surface area contributed by atoms with Crippen LogP contribution in [0.15, 0.2) is 45.8 Å². The van der Waals surface area contributed by atoms with Gasteiger partial charge in [0.15, 0.2) is 6.29 Å². The summed E-state index contributed by atoms with van der Waals surface area (Å²) in [5, 5.41) is 12.5. The number of methoxy groups -OCH3 is 1. The van der Waals surface area contributed by atoms with Crippen molar-refractivity contribution in [3.8, 4) is 0 Å². The molecule has 2 aliphatic heterocycles. The number of rotatable bonds is 5. The summed E-state index contributed by atoms with van der Waals surface area (Å²) < 4.78 is 37.1. The lowest BCUT2D eigenvalue weighted by molar-refractivity contribution is -0.259. The largest absolute Gasteiger partial charge is 0.472 e. The molecule has 43 heavy (non-hydrogen) atoms. The van der Waals surface area contributed by atoms with Gasteiger partial charge in [-0.3, -0.25) is 4.79 Å². The molecule has 6 rings (SSSR count). The molecule has 2 saturated heterocycles. The van der Waals surface area contributed by atoms with Gasteiger partial charge in [0.1, 0.15) is 12.2 Å². The van der Waals surface area contributed by atoms with Crippen LogP contribution >= 0.6 is 0 Å². The fourth-order valence-corrected chi connectivity index (χ4v) is 10.1. The molecule has 236 valence electrons. The van der Waals surface area contributed by atoms with Crippen molar-refractivity contribution in [1.29, 1.82) is 0 Å². The van der Waals surface area contributed by atoms with Crippen molar-refractivity contribution in [2.75, 3.05) is 13.7 Å². The van der Waals surface area contributed by atoms with E-state index in [9.17, 15) is 14.7 Å². The van der Waals surface area contributed by atoms with Gasteiger partial charge in [0, 0.05) is 60.5 Å². The van der Waals surface area contributed by atoms with Gasteiger partial charge >= 0.3 is 11.9 Å². The molecule has 1 N–H and O–H groups in total. The summed E-state index contributed by atoms with van der Waals surface area (Å²) in [5.74, 6) is -1.20. The van der Waals surface area contributed by atoms with Crippen molar-refractivity contribution in [1.82, 2.24) is 0 Å². The van der Waals surface area contributed by atoms with Gasteiger partial charge in [-0.1, -0.05) is 32.4 Å². The van der Waals surface area contributed by atoms with E-state index >= 15 is 0 Å². The van der Waals surface area contributed by atoms with Gasteiger partial charge in [-0.15, -0.1) is 0 Å². The third kappa shape index (κ3) is 4.25. The first-order chi connectivity index (χ1) is 20.3. The van der Waals surface area contributed by atoms with Crippen molar-refractivity contribution in [2.24, 2.45) is 28.1 Å². The highest BCUT2D eigenvalue weighted by Gasteiger charge is 2.76. The van der Waals surface area contributed by atoms with Gasteiger partial charge in [0.2, 0.25) is 0 Å². The number of ether oxygens (including phenoxy) is 5. The van der Waals surface area contributed by atoms with E-state index in [1.165, 1.54) is 6.92 Å². The van der Waals surface area contributed by atoms with Crippen LogP contribution < -0.4 is 0 Å². The van der Waals surface area contributed by atoms with Crippen LogP contribution in [0.4, 0.5) is 0 Å². The lowest BCUT2D eigenvalue weighted by atomic mass is 9.39. The van der Waals surface area contributed by atoms with Crippen molar-refractivity contribution in [3.63, 3.8) is 0 Å². The zero-order chi connectivity index (χ0) is 31.1. The van der Waals surface area contributed by atoms with Crippen LogP contribution in [0.5, 0.6) is 0 Å². The molecule has 0 bridgehead atoms. The smallest absolute Gasteiger partial charge is 0.333 e. The normalized spacial score (nSPS) is 45.6. The number of allylic oxidation sites excluding steroid dienone is 2. The lowest BCUT2D eigenvalue weighted by Gasteiger charge is -2.66. The Kier molecular flexibility index (Phi) is 7.51. The maximum absolute atomic E-state index is 13.4. The fraction of sp³-hybridized carbons (Fsp3) is 0.706. The van der Waals surface area contributed by atoms with Gasteiger partial charge in [-0.2, -0.15) is 0 Å². The van der Waals surface area contributed by atoms with E-state index in [2.05, 4.69) is 27.7 Å². The first kappa shape index (κ1) is 30.6. The molecule has 9 nitrogen and oxygen atoms in total. The van der Waals surface area contributed by atoms with E-state index in [1.54, 1.807) is 32.6 Å². The molecule has 9 heteroatoms. The number of furan rings is 1. The lowest BCUT2D eigenvalue weighted by Crippen LogP contribution is -2.71. The van der Waals surface area contributed by atoms with Gasteiger partial charge in [0.05, 0.1) is 37.4 Å². The quantitative estimate of drug-likeness (QED) is 0.282. The summed E-state index contributed by atoms with van der Waals surface area (Å²) in [6, 6.07) is 1.99. The fourth-order valence-electron chi connectivity index (χ4n) is 10.1. The number of hydrogen-bond donors (Lipinski definition) is 1. The molecule has 0 radical (unpaired) electrons. The predicted molar refractivity (Wildman–Crippen MR) is 156 cm³/mol. The third-order valence-corrected chi connectivity index (χ3v) is 12.1. The van der Waals surface area contributed by atoms with Gasteiger partial charge in [-0.25, -0.2) is 4.79 Å². The number of carbonyl (C=O) groups excluding carboxylic acids is 2. The number of esters is 2. The van der Waals surface area contributed by atoms with E-state index in [1.807, 2.05) is 13.0 Å². The Morgan fingerprint density at radius 3 is 2.47 bits per heavy atom. The second kappa shape index (κ2) is 10.6. The van der Waals surface area contributed by atoms with Gasteiger partial charge in [0.25, 0.3) is 0 Å². The van der Waals surface area contributed by atoms with Crippen LogP contribution in [0.1, 0.15) is 79.2 Å². The molecule has 1 aromatic heterocycles. The van der Waals surface area contributed by atoms with E-state index in [0.29, 0.717) is 31.4 Å². The Bertz CT molecular complexity index is 1330. The minimum absolute atomic E-state index is 0.0741. The standard InChI is InChI=1S/C34H46O9/c1-9-17(2)31(37)43-25-14-24(41-19(4)35)32(5)16-40-28-29(32)33(25,6)23-13-26(38-8)42-22-12-21(20-10-11-39-15-20)18(3)27(22)34(23,7)30(28)36/h9-11,15,21-26,28-30,36H,12-14,16H2,1-8H3/b17-9+/t21-,22?,23?,24-,25+,26-,28-,29?,30-,32-,33+,34-/m1/s1. The molecule has 0 amide bonds. The Labute approximate surface area is 253 Å². The van der Waals surface area contributed by atoms with Crippen LogP contribution in [0, 0.1) is 28.1 Å². The van der Waals surface area contributed by atoms with Crippen LogP contribution in [-0.2, 0) is 33.3 Å². The van der Waals surface area contributed by atoms with E-state index in [0.717, 1.165) is 16.7 Å². The number of carbonyl (C=O) groups is 2. The maximum atomic E-state index is 13.4. The molecule has 1 aromatic rings. The van der Waals surface area contributed by atoms with Crippen LogP contribution in [0.2, 0.25) is 0 Å². The molecule has 4 fully saturated rings. The van der Waals surface area contributed by atoms with E-state index in [4.69, 9.17) is 28.1 Å². The Hall–Kier alpha value is -2.46. The summed E-state index contributed by atoms with van der Waals surface area (Å²) in [4.78, 5) is 25.7.